The molecule has 3 aromatic rings. The highest BCUT2D eigenvalue weighted by molar-refractivity contribution is 6.35. The van der Waals surface area contributed by atoms with E-state index < -0.39 is 0 Å². The van der Waals surface area contributed by atoms with Gasteiger partial charge in [0, 0.05) is 22.3 Å². The van der Waals surface area contributed by atoms with Crippen molar-refractivity contribution in [3.8, 4) is 0 Å². The van der Waals surface area contributed by atoms with E-state index in [1.165, 1.54) is 11.9 Å². The van der Waals surface area contributed by atoms with E-state index in [2.05, 4.69) is 27.5 Å². The van der Waals surface area contributed by atoms with Crippen LogP contribution in [0.5, 0.6) is 0 Å². The van der Waals surface area contributed by atoms with Gasteiger partial charge in [-0.3, -0.25) is 0 Å². The molecule has 0 aliphatic carbocycles. The van der Waals surface area contributed by atoms with Gasteiger partial charge in [0.25, 0.3) is 0 Å². The first kappa shape index (κ1) is 14.9. The number of rotatable bonds is 5. The molecule has 0 amide bonds. The van der Waals surface area contributed by atoms with Crippen LogP contribution in [-0.2, 0) is 13.1 Å². The Morgan fingerprint density at radius 3 is 2.55 bits per heavy atom. The second-order valence-electron chi connectivity index (χ2n) is 4.88. The number of aromatic nitrogens is 3. The molecule has 1 N–H and O–H groups in total. The second-order valence-corrected chi connectivity index (χ2v) is 5.72. The van der Waals surface area contributed by atoms with Gasteiger partial charge in [-0.05, 0) is 35.4 Å². The molecular formula is C16H14Cl2N4. The zero-order chi connectivity index (χ0) is 15.4. The quantitative estimate of drug-likeness (QED) is 0.759. The lowest BCUT2D eigenvalue weighted by Gasteiger charge is -2.09. The van der Waals surface area contributed by atoms with Crippen LogP contribution in [0.2, 0.25) is 10.0 Å². The van der Waals surface area contributed by atoms with Gasteiger partial charge in [0.1, 0.15) is 12.7 Å². The summed E-state index contributed by atoms with van der Waals surface area (Å²) in [5, 5.41) is 8.75. The molecule has 1 heterocycles. The Bertz CT molecular complexity index is 739. The third-order valence-corrected chi connectivity index (χ3v) is 3.85. The maximum atomic E-state index is 6.16. The first-order chi connectivity index (χ1) is 10.7. The molecule has 3 rings (SSSR count). The average Bonchev–Trinajstić information content (AvgIpc) is 3.01. The summed E-state index contributed by atoms with van der Waals surface area (Å²) in [7, 11) is 0. The fourth-order valence-corrected chi connectivity index (χ4v) is 2.57. The molecule has 0 bridgehead atoms. The van der Waals surface area contributed by atoms with Crippen LogP contribution in [0.25, 0.3) is 0 Å². The highest BCUT2D eigenvalue weighted by atomic mass is 35.5. The molecule has 0 radical (unpaired) electrons. The van der Waals surface area contributed by atoms with Gasteiger partial charge in [0.2, 0.25) is 0 Å². The number of halogens is 2. The topological polar surface area (TPSA) is 42.7 Å². The Morgan fingerprint density at radius 2 is 1.86 bits per heavy atom. The predicted octanol–water partition coefficient (Wildman–Crippen LogP) is 4.25. The van der Waals surface area contributed by atoms with Crippen LogP contribution in [0, 0.1) is 0 Å². The maximum absolute atomic E-state index is 6.16. The molecule has 0 unspecified atom stereocenters. The van der Waals surface area contributed by atoms with E-state index in [-0.39, 0.29) is 0 Å². The Morgan fingerprint density at radius 1 is 1.05 bits per heavy atom. The summed E-state index contributed by atoms with van der Waals surface area (Å²) in [6.07, 6.45) is 3.24. The van der Waals surface area contributed by atoms with Gasteiger partial charge in [-0.1, -0.05) is 41.4 Å². The summed E-state index contributed by atoms with van der Waals surface area (Å²) in [5.41, 5.74) is 3.21. The van der Waals surface area contributed by atoms with Crippen molar-refractivity contribution in [1.29, 1.82) is 0 Å². The predicted molar refractivity (Wildman–Crippen MR) is 89.4 cm³/mol. The van der Waals surface area contributed by atoms with E-state index in [0.717, 1.165) is 11.3 Å². The molecule has 0 saturated heterocycles. The van der Waals surface area contributed by atoms with Crippen molar-refractivity contribution < 1.29 is 0 Å². The fourth-order valence-electron chi connectivity index (χ4n) is 2.09. The zero-order valence-electron chi connectivity index (χ0n) is 11.7. The van der Waals surface area contributed by atoms with Crippen molar-refractivity contribution in [2.45, 2.75) is 13.1 Å². The number of anilines is 1. The Hall–Kier alpha value is -2.04. The zero-order valence-corrected chi connectivity index (χ0v) is 13.2. The summed E-state index contributed by atoms with van der Waals surface area (Å²) in [6, 6.07) is 13.7. The van der Waals surface area contributed by atoms with Gasteiger partial charge in [-0.25, -0.2) is 9.67 Å². The molecule has 0 aliphatic heterocycles. The average molecular weight is 333 g/mol. The van der Waals surface area contributed by atoms with E-state index in [4.69, 9.17) is 23.2 Å². The van der Waals surface area contributed by atoms with Crippen molar-refractivity contribution >= 4 is 28.9 Å². The van der Waals surface area contributed by atoms with Gasteiger partial charge < -0.3 is 5.32 Å². The fraction of sp³-hybridized carbons (Fsp3) is 0.125. The van der Waals surface area contributed by atoms with E-state index >= 15 is 0 Å². The first-order valence-electron chi connectivity index (χ1n) is 6.80. The van der Waals surface area contributed by atoms with E-state index in [1.807, 2.05) is 24.3 Å². The summed E-state index contributed by atoms with van der Waals surface area (Å²) in [4.78, 5) is 3.93. The standard InChI is InChI=1S/C16H14Cl2N4/c17-14-4-3-13(16(18)7-14)8-20-15-5-1-12(2-6-15)9-22-11-19-10-21-22/h1-7,10-11,20H,8-9H2. The Kier molecular flexibility index (Phi) is 4.61. The minimum atomic E-state index is 0.645. The van der Waals surface area contributed by atoms with E-state index in [0.29, 0.717) is 23.1 Å². The smallest absolute Gasteiger partial charge is 0.137 e. The molecular weight excluding hydrogens is 319 g/mol. The van der Waals surface area contributed by atoms with Crippen molar-refractivity contribution in [3.05, 3.63) is 76.3 Å². The lowest BCUT2D eigenvalue weighted by molar-refractivity contribution is 0.685. The number of hydrogen-bond donors (Lipinski definition) is 1. The highest BCUT2D eigenvalue weighted by Crippen LogP contribution is 2.22. The molecule has 1 aromatic heterocycles. The number of nitrogens with one attached hydrogen (secondary N) is 1. The normalized spacial score (nSPS) is 10.6. The van der Waals surface area contributed by atoms with E-state index in [9.17, 15) is 0 Å². The largest absolute Gasteiger partial charge is 0.381 e. The number of nitrogens with zero attached hydrogens (tertiary/aromatic N) is 3. The molecule has 0 saturated carbocycles. The number of benzene rings is 2. The molecule has 4 nitrogen and oxygen atoms in total. The monoisotopic (exact) mass is 332 g/mol. The van der Waals surface area contributed by atoms with Crippen molar-refractivity contribution in [2.75, 3.05) is 5.32 Å². The summed E-state index contributed by atoms with van der Waals surface area (Å²) >= 11 is 12.1. The minimum absolute atomic E-state index is 0.645. The lowest BCUT2D eigenvalue weighted by Crippen LogP contribution is -2.02. The molecule has 0 aliphatic rings. The molecule has 0 atom stereocenters. The Balaban J connectivity index is 1.61. The van der Waals surface area contributed by atoms with E-state index in [1.54, 1.807) is 17.1 Å². The minimum Gasteiger partial charge on any atom is -0.381 e. The van der Waals surface area contributed by atoms with Crippen LogP contribution in [0.3, 0.4) is 0 Å². The van der Waals surface area contributed by atoms with Gasteiger partial charge in [0.05, 0.1) is 6.54 Å². The van der Waals surface area contributed by atoms with Gasteiger partial charge in [-0.15, -0.1) is 0 Å². The van der Waals surface area contributed by atoms with Crippen LogP contribution in [-0.4, -0.2) is 14.8 Å². The van der Waals surface area contributed by atoms with Crippen molar-refractivity contribution in [3.63, 3.8) is 0 Å². The third kappa shape index (κ3) is 3.78. The van der Waals surface area contributed by atoms with Crippen LogP contribution >= 0.6 is 23.2 Å². The Labute approximate surface area is 138 Å². The van der Waals surface area contributed by atoms with Gasteiger partial charge >= 0.3 is 0 Å². The first-order valence-corrected chi connectivity index (χ1v) is 7.55. The van der Waals surface area contributed by atoms with Crippen molar-refractivity contribution in [1.82, 2.24) is 14.8 Å². The van der Waals surface area contributed by atoms with Gasteiger partial charge in [0.15, 0.2) is 0 Å². The van der Waals surface area contributed by atoms with Crippen LogP contribution in [0.1, 0.15) is 11.1 Å². The molecule has 0 fully saturated rings. The maximum Gasteiger partial charge on any atom is 0.137 e. The molecule has 112 valence electrons. The van der Waals surface area contributed by atoms with Gasteiger partial charge in [-0.2, -0.15) is 5.10 Å². The van der Waals surface area contributed by atoms with Crippen LogP contribution < -0.4 is 5.32 Å². The summed E-state index contributed by atoms with van der Waals surface area (Å²) in [5.74, 6) is 0. The van der Waals surface area contributed by atoms with Crippen LogP contribution in [0.15, 0.2) is 55.1 Å². The SMILES string of the molecule is Clc1ccc(CNc2ccc(Cn3cncn3)cc2)c(Cl)c1. The summed E-state index contributed by atoms with van der Waals surface area (Å²) < 4.78 is 1.79. The number of hydrogen-bond acceptors (Lipinski definition) is 3. The molecule has 0 spiro atoms. The molecule has 22 heavy (non-hydrogen) atoms. The van der Waals surface area contributed by atoms with Crippen LogP contribution in [0.4, 0.5) is 5.69 Å². The molecule has 6 heteroatoms. The lowest BCUT2D eigenvalue weighted by atomic mass is 10.2. The third-order valence-electron chi connectivity index (χ3n) is 3.26. The summed E-state index contributed by atoms with van der Waals surface area (Å²) in [6.45, 7) is 1.36. The molecule has 2 aromatic carbocycles. The second kappa shape index (κ2) is 6.81. The highest BCUT2D eigenvalue weighted by Gasteiger charge is 2.02. The van der Waals surface area contributed by atoms with Crippen molar-refractivity contribution in [2.24, 2.45) is 0 Å².